The summed E-state index contributed by atoms with van der Waals surface area (Å²) in [7, 11) is 0. The third kappa shape index (κ3) is 5.53. The summed E-state index contributed by atoms with van der Waals surface area (Å²) in [5.74, 6) is 0.0482. The van der Waals surface area contributed by atoms with Crippen molar-refractivity contribution in [2.45, 2.75) is 58.7 Å². The van der Waals surface area contributed by atoms with Gasteiger partial charge < -0.3 is 14.5 Å². The molecule has 37 heavy (non-hydrogen) atoms. The maximum Gasteiger partial charge on any atom is 0.164 e. The zero-order valence-electron chi connectivity index (χ0n) is 21.4. The Bertz CT molecular complexity index is 1530. The van der Waals surface area contributed by atoms with Gasteiger partial charge in [-0.15, -0.1) is 0 Å². The average molecular weight is 498 g/mol. The average Bonchev–Trinajstić information content (AvgIpc) is 3.51. The zero-order chi connectivity index (χ0) is 25.8. The van der Waals surface area contributed by atoms with Crippen molar-refractivity contribution in [3.63, 3.8) is 0 Å². The van der Waals surface area contributed by atoms with E-state index in [-0.39, 0.29) is 5.82 Å². The Kier molecular flexibility index (Phi) is 7.25. The molecule has 2 aromatic carbocycles. The summed E-state index contributed by atoms with van der Waals surface area (Å²) in [6.45, 7) is 10.1. The lowest BCUT2D eigenvalue weighted by molar-refractivity contribution is 0.583. The predicted octanol–water partition coefficient (Wildman–Crippen LogP) is 6.43. The van der Waals surface area contributed by atoms with Gasteiger partial charge in [-0.05, 0) is 62.9 Å². The molecule has 0 fully saturated rings. The van der Waals surface area contributed by atoms with Gasteiger partial charge in [-0.25, -0.2) is 24.3 Å². The summed E-state index contributed by atoms with van der Waals surface area (Å²) in [5, 5.41) is 3.47. The fourth-order valence-electron chi connectivity index (χ4n) is 4.50. The number of hydrogen-bond donors (Lipinski definition) is 1. The van der Waals surface area contributed by atoms with Crippen LogP contribution in [0.4, 0.5) is 4.39 Å². The normalized spacial score (nSPS) is 11.6. The highest BCUT2D eigenvalue weighted by atomic mass is 19.1. The lowest BCUT2D eigenvalue weighted by atomic mass is 10.1. The van der Waals surface area contributed by atoms with Crippen molar-refractivity contribution in [1.29, 1.82) is 0 Å². The molecule has 7 nitrogen and oxygen atoms in total. The van der Waals surface area contributed by atoms with Crippen LogP contribution >= 0.6 is 0 Å². The van der Waals surface area contributed by atoms with E-state index in [0.717, 1.165) is 55.6 Å². The van der Waals surface area contributed by atoms with Gasteiger partial charge in [0.25, 0.3) is 0 Å². The fraction of sp³-hybridized carbons (Fsp3) is 0.310. The molecular weight excluding hydrogens is 465 g/mol. The van der Waals surface area contributed by atoms with Crippen molar-refractivity contribution in [2.75, 3.05) is 0 Å². The maximum atomic E-state index is 14.2. The van der Waals surface area contributed by atoms with Crippen LogP contribution in [-0.2, 0) is 13.1 Å². The van der Waals surface area contributed by atoms with Crippen molar-refractivity contribution in [2.24, 2.45) is 0 Å². The first-order valence-corrected chi connectivity index (χ1v) is 12.8. The quantitative estimate of drug-likeness (QED) is 0.213. The number of nitrogens with zero attached hydrogens (tertiary/aromatic N) is 6. The second-order valence-electron chi connectivity index (χ2n) is 9.66. The van der Waals surface area contributed by atoms with E-state index in [0.29, 0.717) is 22.9 Å². The molecule has 0 aliphatic rings. The molecule has 0 aliphatic heterocycles. The first-order valence-electron chi connectivity index (χ1n) is 12.8. The van der Waals surface area contributed by atoms with Gasteiger partial charge in [-0.1, -0.05) is 31.2 Å². The van der Waals surface area contributed by atoms with Crippen molar-refractivity contribution >= 4 is 22.2 Å². The maximum absolute atomic E-state index is 14.2. The summed E-state index contributed by atoms with van der Waals surface area (Å²) in [6, 6.07) is 13.3. The number of allylic oxidation sites excluding steroid dienone is 1. The second kappa shape index (κ2) is 10.9. The highest BCUT2D eigenvalue weighted by Crippen LogP contribution is 2.22. The molecule has 0 unspecified atom stereocenters. The molecule has 5 rings (SSSR count). The van der Waals surface area contributed by atoms with Crippen molar-refractivity contribution < 1.29 is 4.39 Å². The minimum absolute atomic E-state index is 0.329. The van der Waals surface area contributed by atoms with Gasteiger partial charge in [-0.3, -0.25) is 0 Å². The number of aromatic nitrogens is 6. The van der Waals surface area contributed by atoms with Crippen molar-refractivity contribution in [3.05, 3.63) is 85.0 Å². The summed E-state index contributed by atoms with van der Waals surface area (Å²) >= 11 is 0. The molecular formula is C29H32FN7. The van der Waals surface area contributed by atoms with Gasteiger partial charge in [-0.2, -0.15) is 0 Å². The first-order chi connectivity index (χ1) is 18.0. The van der Waals surface area contributed by atoms with E-state index in [9.17, 15) is 4.39 Å². The summed E-state index contributed by atoms with van der Waals surface area (Å²) < 4.78 is 18.4. The highest BCUT2D eigenvalue weighted by molar-refractivity contribution is 5.76. The Labute approximate surface area is 216 Å². The minimum atomic E-state index is -0.329. The van der Waals surface area contributed by atoms with E-state index in [1.807, 2.05) is 10.9 Å². The standard InChI is InChI=1S/C29H32FN7/c1-20(2)37-19-34-25-13-12-22(15-27(25)37)16-31-21(3)9-5-4-8-14-36-18-33-26-17-32-28(35-29(26)36)23-10-6-7-11-24(23)30/h6-7,10-13,15,17-20,31H,3-5,8-9,14,16H2,1-2H3. The van der Waals surface area contributed by atoms with Crippen LogP contribution in [0.25, 0.3) is 33.6 Å². The molecule has 0 amide bonds. The van der Waals surface area contributed by atoms with Crippen LogP contribution in [0.3, 0.4) is 0 Å². The molecule has 8 heteroatoms. The molecule has 1 N–H and O–H groups in total. The van der Waals surface area contributed by atoms with Crippen LogP contribution in [0.1, 0.15) is 51.1 Å². The molecule has 0 bridgehead atoms. The number of rotatable bonds is 11. The van der Waals surface area contributed by atoms with Gasteiger partial charge in [0, 0.05) is 24.8 Å². The van der Waals surface area contributed by atoms with E-state index < -0.39 is 0 Å². The SMILES string of the molecule is C=C(CCCCCn1cnc2cnc(-c3ccccc3F)nc21)NCc1ccc2ncn(C(C)C)c2c1. The summed E-state index contributed by atoms with van der Waals surface area (Å²) in [5.41, 5.74) is 6.30. The van der Waals surface area contributed by atoms with E-state index in [1.54, 1.807) is 30.7 Å². The molecule has 0 saturated heterocycles. The molecule has 0 atom stereocenters. The smallest absolute Gasteiger partial charge is 0.164 e. The van der Waals surface area contributed by atoms with E-state index in [2.05, 4.69) is 68.4 Å². The minimum Gasteiger partial charge on any atom is -0.385 e. The van der Waals surface area contributed by atoms with Crippen LogP contribution in [-0.4, -0.2) is 29.1 Å². The van der Waals surface area contributed by atoms with Gasteiger partial charge in [0.05, 0.1) is 35.4 Å². The fourth-order valence-corrected chi connectivity index (χ4v) is 4.50. The van der Waals surface area contributed by atoms with Crippen molar-refractivity contribution in [3.8, 4) is 11.4 Å². The van der Waals surface area contributed by atoms with Gasteiger partial charge in [0.2, 0.25) is 0 Å². The Morgan fingerprint density at radius 1 is 1.00 bits per heavy atom. The molecule has 0 aliphatic carbocycles. The predicted molar refractivity (Wildman–Crippen MR) is 145 cm³/mol. The number of aryl methyl sites for hydroxylation is 1. The number of benzene rings is 2. The molecule has 0 radical (unpaired) electrons. The topological polar surface area (TPSA) is 73.5 Å². The van der Waals surface area contributed by atoms with Crippen LogP contribution in [0.15, 0.2) is 73.6 Å². The lowest BCUT2D eigenvalue weighted by Crippen LogP contribution is -2.12. The number of fused-ring (bicyclic) bond motifs is 2. The Morgan fingerprint density at radius 2 is 1.84 bits per heavy atom. The zero-order valence-corrected chi connectivity index (χ0v) is 21.4. The van der Waals surface area contributed by atoms with Crippen LogP contribution in [0.5, 0.6) is 0 Å². The van der Waals surface area contributed by atoms with E-state index >= 15 is 0 Å². The Balaban J connectivity index is 1.10. The van der Waals surface area contributed by atoms with Crippen LogP contribution in [0, 0.1) is 5.82 Å². The van der Waals surface area contributed by atoms with Crippen LogP contribution < -0.4 is 5.32 Å². The number of hydrogen-bond acceptors (Lipinski definition) is 5. The van der Waals surface area contributed by atoms with Crippen LogP contribution in [0.2, 0.25) is 0 Å². The van der Waals surface area contributed by atoms with E-state index in [1.165, 1.54) is 17.1 Å². The second-order valence-corrected chi connectivity index (χ2v) is 9.66. The van der Waals surface area contributed by atoms with Gasteiger partial charge in [0.1, 0.15) is 11.3 Å². The number of halogens is 1. The Morgan fingerprint density at radius 3 is 2.68 bits per heavy atom. The third-order valence-corrected chi connectivity index (χ3v) is 6.59. The molecule has 3 heterocycles. The van der Waals surface area contributed by atoms with E-state index in [4.69, 9.17) is 0 Å². The summed E-state index contributed by atoms with van der Waals surface area (Å²) in [6.07, 6.45) is 9.38. The Hall–Kier alpha value is -4.07. The molecule has 190 valence electrons. The number of nitrogens with one attached hydrogen (secondary N) is 1. The molecule has 0 spiro atoms. The first kappa shape index (κ1) is 24.6. The third-order valence-electron chi connectivity index (χ3n) is 6.59. The number of unbranched alkanes of at least 4 members (excludes halogenated alkanes) is 2. The highest BCUT2D eigenvalue weighted by Gasteiger charge is 2.11. The monoisotopic (exact) mass is 497 g/mol. The molecule has 5 aromatic rings. The summed E-state index contributed by atoms with van der Waals surface area (Å²) in [4.78, 5) is 17.8. The van der Waals surface area contributed by atoms with Gasteiger partial charge >= 0.3 is 0 Å². The lowest BCUT2D eigenvalue weighted by Gasteiger charge is -2.12. The van der Waals surface area contributed by atoms with Crippen molar-refractivity contribution in [1.82, 2.24) is 34.4 Å². The largest absolute Gasteiger partial charge is 0.385 e. The number of imidazole rings is 2. The van der Waals surface area contributed by atoms with Gasteiger partial charge in [0.15, 0.2) is 11.5 Å². The molecule has 0 saturated carbocycles. The molecule has 3 aromatic heterocycles.